The van der Waals surface area contributed by atoms with Crippen molar-refractivity contribution in [2.75, 3.05) is 13.1 Å². The minimum atomic E-state index is -0.669. The molecule has 11 nitrogen and oxygen atoms in total. The Labute approximate surface area is 239 Å². The molecule has 5 rings (SSSR count). The smallest absolute Gasteiger partial charge is 0.255 e. The summed E-state index contributed by atoms with van der Waals surface area (Å²) < 4.78 is 3.58. The van der Waals surface area contributed by atoms with Gasteiger partial charge in [0.2, 0.25) is 11.8 Å². The number of nitrogens with one attached hydrogen (secondary N) is 2. The lowest BCUT2D eigenvalue weighted by molar-refractivity contribution is -0.129. The maximum Gasteiger partial charge on any atom is 0.255 e. The van der Waals surface area contributed by atoms with Crippen LogP contribution < -0.4 is 10.6 Å². The standard InChI is InChI=1S/C30H36N8O3/c1-20(2)18-24-29(40)32-21(3)28-34-27(22-8-5-4-6-9-22)35-38(28)17-16-36(14-7-10-26(39)33-24)30(41)23-11-12-25-31-13-15-37(25)19-23/h4-6,8-9,11-13,15,19-21,24H,7,10,14,16-18H2,1-3H3,(H,32,40)(H,33,39)/t21-,24-/m1/s1. The minimum Gasteiger partial charge on any atom is -0.345 e. The van der Waals surface area contributed by atoms with Gasteiger partial charge in [0.15, 0.2) is 5.82 Å². The van der Waals surface area contributed by atoms with Crippen molar-refractivity contribution in [3.8, 4) is 11.4 Å². The van der Waals surface area contributed by atoms with Crippen molar-refractivity contribution in [2.45, 2.75) is 58.7 Å². The molecule has 4 heterocycles. The summed E-state index contributed by atoms with van der Waals surface area (Å²) >= 11 is 0. The van der Waals surface area contributed by atoms with Crippen molar-refractivity contribution in [1.82, 2.24) is 39.7 Å². The number of nitrogens with zero attached hydrogens (tertiary/aromatic N) is 6. The Balaban J connectivity index is 1.47. The molecule has 0 fully saturated rings. The summed E-state index contributed by atoms with van der Waals surface area (Å²) in [5.74, 6) is 0.723. The predicted octanol–water partition coefficient (Wildman–Crippen LogP) is 3.24. The maximum absolute atomic E-state index is 13.7. The van der Waals surface area contributed by atoms with Gasteiger partial charge in [0.05, 0.1) is 18.2 Å². The highest BCUT2D eigenvalue weighted by atomic mass is 16.2. The van der Waals surface area contributed by atoms with Crippen LogP contribution in [0.25, 0.3) is 17.0 Å². The highest BCUT2D eigenvalue weighted by Crippen LogP contribution is 2.20. The van der Waals surface area contributed by atoms with Gasteiger partial charge in [-0.15, -0.1) is 0 Å². The molecule has 1 aromatic carbocycles. The summed E-state index contributed by atoms with van der Waals surface area (Å²) in [5, 5.41) is 10.7. The third-order valence-corrected chi connectivity index (χ3v) is 7.17. The Bertz CT molecular complexity index is 1530. The highest BCUT2D eigenvalue weighted by molar-refractivity contribution is 5.94. The SMILES string of the molecule is CC(C)C[C@H]1NC(=O)CCCN(C(=O)c2ccc3nccn3c2)CCn2nc(-c3ccccc3)nc2[C@@H](C)NC1=O. The van der Waals surface area contributed by atoms with E-state index < -0.39 is 12.1 Å². The van der Waals surface area contributed by atoms with E-state index in [1.807, 2.05) is 61.6 Å². The Hall–Kier alpha value is -4.54. The number of aromatic nitrogens is 5. The van der Waals surface area contributed by atoms with Gasteiger partial charge in [-0.2, -0.15) is 5.10 Å². The minimum absolute atomic E-state index is 0.142. The van der Waals surface area contributed by atoms with Gasteiger partial charge >= 0.3 is 0 Å². The fraction of sp³-hybridized carbons (Fsp3) is 0.400. The molecule has 4 aromatic rings. The first kappa shape index (κ1) is 28.0. The zero-order chi connectivity index (χ0) is 28.9. The molecule has 0 aliphatic carbocycles. The van der Waals surface area contributed by atoms with Crippen LogP contribution in [-0.4, -0.2) is 65.9 Å². The van der Waals surface area contributed by atoms with Crippen molar-refractivity contribution in [2.24, 2.45) is 5.92 Å². The third-order valence-electron chi connectivity index (χ3n) is 7.17. The lowest BCUT2D eigenvalue weighted by Crippen LogP contribution is -2.48. The molecule has 3 amide bonds. The van der Waals surface area contributed by atoms with Crippen LogP contribution in [-0.2, 0) is 16.1 Å². The lowest BCUT2D eigenvalue weighted by atomic mass is 10.0. The Morgan fingerprint density at radius 1 is 1.05 bits per heavy atom. The molecule has 0 radical (unpaired) electrons. The number of fused-ring (bicyclic) bond motifs is 2. The van der Waals surface area contributed by atoms with Crippen LogP contribution in [0.4, 0.5) is 0 Å². The van der Waals surface area contributed by atoms with E-state index in [1.54, 1.807) is 34.2 Å². The number of pyridine rings is 1. The quantitative estimate of drug-likeness (QED) is 0.398. The first-order valence-electron chi connectivity index (χ1n) is 14.1. The van der Waals surface area contributed by atoms with Gasteiger partial charge in [-0.25, -0.2) is 14.6 Å². The van der Waals surface area contributed by atoms with E-state index in [0.29, 0.717) is 49.7 Å². The molecule has 0 saturated carbocycles. The molecule has 1 aliphatic rings. The predicted molar refractivity (Wildman–Crippen MR) is 154 cm³/mol. The van der Waals surface area contributed by atoms with Crippen LogP contribution in [0.1, 0.15) is 62.3 Å². The molecule has 214 valence electrons. The van der Waals surface area contributed by atoms with E-state index >= 15 is 0 Å². The number of rotatable bonds is 4. The van der Waals surface area contributed by atoms with Crippen molar-refractivity contribution >= 4 is 23.4 Å². The first-order valence-corrected chi connectivity index (χ1v) is 14.1. The van der Waals surface area contributed by atoms with Crippen molar-refractivity contribution in [3.63, 3.8) is 0 Å². The second-order valence-corrected chi connectivity index (χ2v) is 10.9. The average Bonchev–Trinajstić information content (AvgIpc) is 3.61. The molecular formula is C30H36N8O3. The molecule has 41 heavy (non-hydrogen) atoms. The van der Waals surface area contributed by atoms with Crippen LogP contribution in [0.3, 0.4) is 0 Å². The maximum atomic E-state index is 13.7. The van der Waals surface area contributed by atoms with Gasteiger partial charge in [0.25, 0.3) is 5.91 Å². The van der Waals surface area contributed by atoms with E-state index in [0.717, 1.165) is 11.2 Å². The van der Waals surface area contributed by atoms with Gasteiger partial charge in [-0.3, -0.25) is 14.4 Å². The van der Waals surface area contributed by atoms with Gasteiger partial charge in [0, 0.05) is 43.7 Å². The monoisotopic (exact) mass is 556 g/mol. The molecule has 1 aliphatic heterocycles. The van der Waals surface area contributed by atoms with Crippen molar-refractivity contribution in [1.29, 1.82) is 0 Å². The molecular weight excluding hydrogens is 520 g/mol. The summed E-state index contributed by atoms with van der Waals surface area (Å²) in [6.07, 6.45) is 6.42. The fourth-order valence-corrected chi connectivity index (χ4v) is 5.09. The number of carbonyl (C=O) groups excluding carboxylic acids is 3. The van der Waals surface area contributed by atoms with Gasteiger partial charge in [0.1, 0.15) is 17.5 Å². The fourth-order valence-electron chi connectivity index (χ4n) is 5.09. The summed E-state index contributed by atoms with van der Waals surface area (Å²) in [6.45, 7) is 6.99. The van der Waals surface area contributed by atoms with Crippen LogP contribution in [0.2, 0.25) is 0 Å². The van der Waals surface area contributed by atoms with E-state index in [4.69, 9.17) is 10.1 Å². The van der Waals surface area contributed by atoms with Crippen LogP contribution >= 0.6 is 0 Å². The molecule has 0 saturated heterocycles. The van der Waals surface area contributed by atoms with Gasteiger partial charge in [-0.05, 0) is 37.8 Å². The van der Waals surface area contributed by atoms with Gasteiger partial charge < -0.3 is 19.9 Å². The van der Waals surface area contributed by atoms with Crippen LogP contribution in [0.15, 0.2) is 61.1 Å². The van der Waals surface area contributed by atoms with E-state index in [2.05, 4.69) is 15.6 Å². The number of hydrogen-bond acceptors (Lipinski definition) is 6. The second kappa shape index (κ2) is 12.3. The van der Waals surface area contributed by atoms with Gasteiger partial charge in [-0.1, -0.05) is 44.2 Å². The Morgan fingerprint density at radius 3 is 2.63 bits per heavy atom. The molecule has 2 N–H and O–H groups in total. The molecule has 0 spiro atoms. The molecule has 11 heteroatoms. The number of hydrogen-bond donors (Lipinski definition) is 2. The highest BCUT2D eigenvalue weighted by Gasteiger charge is 2.27. The zero-order valence-electron chi connectivity index (χ0n) is 23.7. The summed E-state index contributed by atoms with van der Waals surface area (Å²) in [7, 11) is 0. The number of benzene rings is 1. The first-order chi connectivity index (χ1) is 19.8. The second-order valence-electron chi connectivity index (χ2n) is 10.9. The Morgan fingerprint density at radius 2 is 1.85 bits per heavy atom. The van der Waals surface area contributed by atoms with E-state index in [1.165, 1.54) is 0 Å². The normalized spacial score (nSPS) is 19.0. The molecule has 3 aromatic heterocycles. The lowest BCUT2D eigenvalue weighted by Gasteiger charge is -2.26. The topological polar surface area (TPSA) is 127 Å². The number of carbonyl (C=O) groups is 3. The van der Waals surface area contributed by atoms with Crippen LogP contribution in [0, 0.1) is 5.92 Å². The summed E-state index contributed by atoms with van der Waals surface area (Å²) in [5.41, 5.74) is 2.14. The summed E-state index contributed by atoms with van der Waals surface area (Å²) in [6, 6.07) is 12.1. The largest absolute Gasteiger partial charge is 0.345 e. The van der Waals surface area contributed by atoms with Crippen molar-refractivity contribution < 1.29 is 14.4 Å². The number of amides is 3. The van der Waals surface area contributed by atoms with Crippen LogP contribution in [0.5, 0.6) is 0 Å². The molecule has 0 unspecified atom stereocenters. The molecule has 2 atom stereocenters. The van der Waals surface area contributed by atoms with Crippen molar-refractivity contribution in [3.05, 3.63) is 72.4 Å². The van der Waals surface area contributed by atoms with E-state index in [-0.39, 0.29) is 30.1 Å². The summed E-state index contributed by atoms with van der Waals surface area (Å²) in [4.78, 5) is 50.7. The zero-order valence-corrected chi connectivity index (χ0v) is 23.7. The Kier molecular flexibility index (Phi) is 8.42. The van der Waals surface area contributed by atoms with E-state index in [9.17, 15) is 14.4 Å². The molecule has 0 bridgehead atoms. The third kappa shape index (κ3) is 6.62. The number of imidazole rings is 1. The average molecular weight is 557 g/mol.